The molecule has 2 fully saturated rings. The zero-order chi connectivity index (χ0) is 19.6. The number of amides is 4. The second kappa shape index (κ2) is 7.53. The van der Waals surface area contributed by atoms with Crippen molar-refractivity contribution in [2.75, 3.05) is 33.3 Å². The van der Waals surface area contributed by atoms with E-state index in [4.69, 9.17) is 4.74 Å². The number of nitrogens with zero attached hydrogens (tertiary/aromatic N) is 2. The van der Waals surface area contributed by atoms with Crippen molar-refractivity contribution < 1.29 is 27.5 Å². The number of sulfonamides is 1. The molecule has 0 saturated carbocycles. The van der Waals surface area contributed by atoms with Gasteiger partial charge in [0.15, 0.2) is 0 Å². The molecule has 2 aliphatic rings. The first-order valence-corrected chi connectivity index (χ1v) is 9.78. The molecule has 4 amide bonds. The molecule has 1 atom stereocenters. The van der Waals surface area contributed by atoms with Crippen LogP contribution in [0.2, 0.25) is 0 Å². The van der Waals surface area contributed by atoms with E-state index in [1.54, 1.807) is 12.1 Å². The van der Waals surface area contributed by atoms with E-state index in [-0.39, 0.29) is 43.4 Å². The number of carbonyl (C=O) groups is 3. The first-order valence-electron chi connectivity index (χ1n) is 8.34. The van der Waals surface area contributed by atoms with E-state index in [0.29, 0.717) is 5.75 Å². The lowest BCUT2D eigenvalue weighted by Crippen LogP contribution is -2.51. The van der Waals surface area contributed by atoms with Crippen molar-refractivity contribution in [2.24, 2.45) is 0 Å². The van der Waals surface area contributed by atoms with Gasteiger partial charge in [-0.15, -0.1) is 0 Å². The lowest BCUT2D eigenvalue weighted by molar-refractivity contribution is -0.134. The molecule has 0 aliphatic carbocycles. The highest BCUT2D eigenvalue weighted by Gasteiger charge is 2.35. The van der Waals surface area contributed by atoms with Gasteiger partial charge >= 0.3 is 6.03 Å². The Labute approximate surface area is 156 Å². The normalized spacial score (nSPS) is 20.9. The number of hydrogen-bond donors (Lipinski definition) is 2. The Kier molecular flexibility index (Phi) is 5.33. The fourth-order valence-electron chi connectivity index (χ4n) is 2.98. The lowest BCUT2D eigenvalue weighted by Gasteiger charge is -2.34. The van der Waals surface area contributed by atoms with Crippen LogP contribution in [0, 0.1) is 0 Å². The van der Waals surface area contributed by atoms with Gasteiger partial charge in [0.1, 0.15) is 11.8 Å². The smallest absolute Gasteiger partial charge is 0.322 e. The van der Waals surface area contributed by atoms with E-state index < -0.39 is 28.0 Å². The predicted molar refractivity (Wildman–Crippen MR) is 93.4 cm³/mol. The monoisotopic (exact) mass is 396 g/mol. The van der Waals surface area contributed by atoms with E-state index in [1.807, 2.05) is 0 Å². The Morgan fingerprint density at radius 2 is 1.78 bits per heavy atom. The average Bonchev–Trinajstić information content (AvgIpc) is 2.98. The summed E-state index contributed by atoms with van der Waals surface area (Å²) in [7, 11) is -2.16. The molecule has 10 nitrogen and oxygen atoms in total. The topological polar surface area (TPSA) is 125 Å². The molecule has 3 rings (SSSR count). The number of nitrogens with one attached hydrogen (secondary N) is 2. The first-order chi connectivity index (χ1) is 12.8. The molecule has 2 heterocycles. The first kappa shape index (κ1) is 19.1. The van der Waals surface area contributed by atoms with Crippen LogP contribution in [0.25, 0.3) is 0 Å². The van der Waals surface area contributed by atoms with E-state index in [1.165, 1.54) is 28.4 Å². The number of imide groups is 1. The highest BCUT2D eigenvalue weighted by atomic mass is 32.2. The number of benzene rings is 1. The molecule has 11 heteroatoms. The molecule has 0 spiro atoms. The van der Waals surface area contributed by atoms with Crippen molar-refractivity contribution in [2.45, 2.75) is 17.4 Å². The van der Waals surface area contributed by atoms with Crippen molar-refractivity contribution in [3.05, 3.63) is 24.3 Å². The van der Waals surface area contributed by atoms with Gasteiger partial charge in [0.2, 0.25) is 15.9 Å². The van der Waals surface area contributed by atoms with Crippen molar-refractivity contribution in [3.8, 4) is 5.75 Å². The highest BCUT2D eigenvalue weighted by molar-refractivity contribution is 7.89. The largest absolute Gasteiger partial charge is 0.497 e. The molecule has 146 valence electrons. The fourth-order valence-corrected chi connectivity index (χ4v) is 4.40. The summed E-state index contributed by atoms with van der Waals surface area (Å²) in [6.07, 6.45) is -0.150. The number of ether oxygens (including phenoxy) is 1. The van der Waals surface area contributed by atoms with E-state index >= 15 is 0 Å². The molecule has 1 unspecified atom stereocenters. The van der Waals surface area contributed by atoms with Gasteiger partial charge in [-0.3, -0.25) is 14.9 Å². The van der Waals surface area contributed by atoms with Crippen LogP contribution in [-0.4, -0.2) is 74.8 Å². The summed E-state index contributed by atoms with van der Waals surface area (Å²) >= 11 is 0. The average molecular weight is 396 g/mol. The highest BCUT2D eigenvalue weighted by Crippen LogP contribution is 2.21. The van der Waals surface area contributed by atoms with Crippen LogP contribution in [0.3, 0.4) is 0 Å². The Hall–Kier alpha value is -2.66. The standard InChI is InChI=1S/C16H20N4O6S/c1-26-11-2-4-12(5-3-11)27(24,25)20-8-6-19(7-9-20)14(21)10-13-15(22)18-16(23)17-13/h2-5,13H,6-10H2,1H3,(H2,17,18,22,23). The van der Waals surface area contributed by atoms with Crippen molar-refractivity contribution in [1.29, 1.82) is 0 Å². The quantitative estimate of drug-likeness (QED) is 0.623. The van der Waals surface area contributed by atoms with Gasteiger partial charge in [0.25, 0.3) is 5.91 Å². The molecule has 2 N–H and O–H groups in total. The number of rotatable bonds is 5. The summed E-state index contributed by atoms with van der Waals surface area (Å²) in [6.45, 7) is 0.750. The van der Waals surface area contributed by atoms with E-state index in [2.05, 4.69) is 10.6 Å². The van der Waals surface area contributed by atoms with Crippen LogP contribution >= 0.6 is 0 Å². The Balaban J connectivity index is 1.58. The summed E-state index contributed by atoms with van der Waals surface area (Å²) in [4.78, 5) is 36.6. The van der Waals surface area contributed by atoms with Crippen molar-refractivity contribution >= 4 is 27.9 Å². The third-order valence-electron chi connectivity index (χ3n) is 4.53. The zero-order valence-electron chi connectivity index (χ0n) is 14.7. The fraction of sp³-hybridized carbons (Fsp3) is 0.438. The molecule has 1 aromatic rings. The van der Waals surface area contributed by atoms with Crippen LogP contribution in [0.5, 0.6) is 5.75 Å². The van der Waals surface area contributed by atoms with Crippen LogP contribution in [0.1, 0.15) is 6.42 Å². The van der Waals surface area contributed by atoms with Gasteiger partial charge in [-0.2, -0.15) is 4.31 Å². The molecule has 0 bridgehead atoms. The Bertz CT molecular complexity index is 846. The van der Waals surface area contributed by atoms with E-state index in [0.717, 1.165) is 0 Å². The number of methoxy groups -OCH3 is 1. The maximum atomic E-state index is 12.7. The second-order valence-electron chi connectivity index (χ2n) is 6.18. The maximum Gasteiger partial charge on any atom is 0.322 e. The van der Waals surface area contributed by atoms with Gasteiger partial charge in [-0.1, -0.05) is 0 Å². The SMILES string of the molecule is COc1ccc(S(=O)(=O)N2CCN(C(=O)CC3NC(=O)NC3=O)CC2)cc1. The van der Waals surface area contributed by atoms with Crippen LogP contribution in [-0.2, 0) is 19.6 Å². The minimum Gasteiger partial charge on any atom is -0.497 e. The molecule has 2 aliphatic heterocycles. The van der Waals surface area contributed by atoms with E-state index in [9.17, 15) is 22.8 Å². The van der Waals surface area contributed by atoms with Crippen LogP contribution in [0.4, 0.5) is 4.79 Å². The lowest BCUT2D eigenvalue weighted by atomic mass is 10.2. The maximum absolute atomic E-state index is 12.7. The molecule has 2 saturated heterocycles. The van der Waals surface area contributed by atoms with Gasteiger partial charge in [0.05, 0.1) is 18.4 Å². The molecular formula is C16H20N4O6S. The minimum absolute atomic E-state index is 0.150. The second-order valence-corrected chi connectivity index (χ2v) is 8.12. The summed E-state index contributed by atoms with van der Waals surface area (Å²) in [5, 5.41) is 4.45. The third kappa shape index (κ3) is 4.03. The van der Waals surface area contributed by atoms with Gasteiger partial charge in [-0.05, 0) is 24.3 Å². The minimum atomic E-state index is -3.66. The zero-order valence-corrected chi connectivity index (χ0v) is 15.5. The number of carbonyl (C=O) groups excluding carboxylic acids is 3. The van der Waals surface area contributed by atoms with Gasteiger partial charge < -0.3 is 15.0 Å². The Morgan fingerprint density at radius 1 is 1.15 bits per heavy atom. The molecular weight excluding hydrogens is 376 g/mol. The number of hydrogen-bond acceptors (Lipinski definition) is 6. The van der Waals surface area contributed by atoms with Crippen molar-refractivity contribution in [3.63, 3.8) is 0 Å². The molecule has 0 radical (unpaired) electrons. The molecule has 0 aromatic heterocycles. The Morgan fingerprint density at radius 3 is 2.30 bits per heavy atom. The third-order valence-corrected chi connectivity index (χ3v) is 6.44. The molecule has 27 heavy (non-hydrogen) atoms. The number of piperazine rings is 1. The van der Waals surface area contributed by atoms with Gasteiger partial charge in [-0.25, -0.2) is 13.2 Å². The van der Waals surface area contributed by atoms with Crippen LogP contribution < -0.4 is 15.4 Å². The number of urea groups is 1. The van der Waals surface area contributed by atoms with Crippen LogP contribution in [0.15, 0.2) is 29.2 Å². The van der Waals surface area contributed by atoms with Crippen molar-refractivity contribution in [1.82, 2.24) is 19.8 Å². The summed E-state index contributed by atoms with van der Waals surface area (Å²) in [6, 6.07) is 4.61. The summed E-state index contributed by atoms with van der Waals surface area (Å²) < 4.78 is 31.8. The predicted octanol–water partition coefficient (Wildman–Crippen LogP) is -0.874. The summed E-state index contributed by atoms with van der Waals surface area (Å²) in [5.41, 5.74) is 0. The van der Waals surface area contributed by atoms with Gasteiger partial charge in [0, 0.05) is 26.2 Å². The summed E-state index contributed by atoms with van der Waals surface area (Å²) in [5.74, 6) is -0.277. The molecule has 1 aromatic carbocycles.